The lowest BCUT2D eigenvalue weighted by Gasteiger charge is -2.11. The van der Waals surface area contributed by atoms with Crippen molar-refractivity contribution in [1.82, 2.24) is 19.7 Å². The minimum Gasteiger partial charge on any atom is -0.368 e. The van der Waals surface area contributed by atoms with Crippen LogP contribution in [0.4, 0.5) is 5.82 Å². The fourth-order valence-corrected chi connectivity index (χ4v) is 2.53. The zero-order valence-electron chi connectivity index (χ0n) is 13.0. The number of nitrogens with zero attached hydrogens (tertiary/aromatic N) is 4. The number of carbonyl (C=O) groups excluding carboxylic acids is 1. The average Bonchev–Trinajstić information content (AvgIpc) is 3.07. The zero-order valence-corrected chi connectivity index (χ0v) is 13.0. The second-order valence-corrected chi connectivity index (χ2v) is 5.52. The summed E-state index contributed by atoms with van der Waals surface area (Å²) < 4.78 is 6.96. The predicted octanol–water partition coefficient (Wildman–Crippen LogP) is 1.71. The maximum Gasteiger partial charge on any atom is 0.254 e. The molecular formula is C15H19N5O2. The van der Waals surface area contributed by atoms with Crippen molar-refractivity contribution in [2.75, 3.05) is 11.9 Å². The SMILES string of the molecule is Cc1cc(C)nc(-n2nc(C)cc2NC(=O)[C@H]2CCCO2)n1. The minimum atomic E-state index is -0.385. The number of aryl methyl sites for hydroxylation is 3. The van der Waals surface area contributed by atoms with Crippen molar-refractivity contribution in [3.8, 4) is 5.95 Å². The van der Waals surface area contributed by atoms with Crippen molar-refractivity contribution in [2.45, 2.75) is 39.7 Å². The number of ether oxygens (including phenoxy) is 1. The van der Waals surface area contributed by atoms with Crippen LogP contribution < -0.4 is 5.32 Å². The van der Waals surface area contributed by atoms with E-state index < -0.39 is 0 Å². The third kappa shape index (κ3) is 2.99. The standard InChI is InChI=1S/C15H19N5O2/c1-9-7-10(2)17-15(16-9)20-13(8-11(3)19-20)18-14(21)12-5-4-6-22-12/h7-8,12H,4-6H2,1-3H3,(H,18,21)/t12-/m1/s1. The predicted molar refractivity (Wildman–Crippen MR) is 81.0 cm³/mol. The highest BCUT2D eigenvalue weighted by atomic mass is 16.5. The summed E-state index contributed by atoms with van der Waals surface area (Å²) in [5.41, 5.74) is 2.49. The lowest BCUT2D eigenvalue weighted by atomic mass is 10.2. The third-order valence-corrected chi connectivity index (χ3v) is 3.46. The van der Waals surface area contributed by atoms with Gasteiger partial charge in [0, 0.05) is 24.1 Å². The van der Waals surface area contributed by atoms with Crippen LogP contribution in [0.2, 0.25) is 0 Å². The number of nitrogens with one attached hydrogen (secondary N) is 1. The highest BCUT2D eigenvalue weighted by molar-refractivity contribution is 5.93. The summed E-state index contributed by atoms with van der Waals surface area (Å²) in [6, 6.07) is 3.69. The van der Waals surface area contributed by atoms with Crippen LogP contribution in [-0.2, 0) is 9.53 Å². The molecule has 3 rings (SSSR count). The van der Waals surface area contributed by atoms with Crippen LogP contribution in [0.15, 0.2) is 12.1 Å². The first-order valence-corrected chi connectivity index (χ1v) is 7.35. The van der Waals surface area contributed by atoms with E-state index in [0.29, 0.717) is 18.4 Å². The highest BCUT2D eigenvalue weighted by Crippen LogP contribution is 2.18. The van der Waals surface area contributed by atoms with E-state index in [1.54, 1.807) is 10.7 Å². The largest absolute Gasteiger partial charge is 0.368 e. The second kappa shape index (κ2) is 5.84. The van der Waals surface area contributed by atoms with Gasteiger partial charge in [0.15, 0.2) is 0 Å². The Kier molecular flexibility index (Phi) is 3.89. The van der Waals surface area contributed by atoms with Gasteiger partial charge in [-0.2, -0.15) is 9.78 Å². The lowest BCUT2D eigenvalue weighted by molar-refractivity contribution is -0.124. The van der Waals surface area contributed by atoms with E-state index in [2.05, 4.69) is 20.4 Å². The Hall–Kier alpha value is -2.28. The number of carbonyl (C=O) groups is 1. The molecule has 1 N–H and O–H groups in total. The third-order valence-electron chi connectivity index (χ3n) is 3.46. The Balaban J connectivity index is 1.90. The normalized spacial score (nSPS) is 17.7. The van der Waals surface area contributed by atoms with Gasteiger partial charge in [0.1, 0.15) is 11.9 Å². The number of rotatable bonds is 3. The molecule has 0 radical (unpaired) electrons. The van der Waals surface area contributed by atoms with Crippen molar-refractivity contribution in [1.29, 1.82) is 0 Å². The van der Waals surface area contributed by atoms with E-state index >= 15 is 0 Å². The van der Waals surface area contributed by atoms with E-state index in [1.807, 2.05) is 26.8 Å². The Labute approximate surface area is 128 Å². The molecule has 2 aromatic rings. The van der Waals surface area contributed by atoms with Crippen molar-refractivity contribution in [3.05, 3.63) is 29.2 Å². The Morgan fingerprint density at radius 1 is 1.23 bits per heavy atom. The molecule has 0 bridgehead atoms. The fraction of sp³-hybridized carbons (Fsp3) is 0.467. The van der Waals surface area contributed by atoms with Gasteiger partial charge < -0.3 is 10.1 Å². The number of aromatic nitrogens is 4. The molecule has 22 heavy (non-hydrogen) atoms. The molecule has 1 amide bonds. The van der Waals surface area contributed by atoms with Gasteiger partial charge in [-0.1, -0.05) is 0 Å². The van der Waals surface area contributed by atoms with Gasteiger partial charge >= 0.3 is 0 Å². The van der Waals surface area contributed by atoms with Crippen molar-refractivity contribution in [2.24, 2.45) is 0 Å². The molecular weight excluding hydrogens is 282 g/mol. The number of amides is 1. The molecule has 0 saturated carbocycles. The van der Waals surface area contributed by atoms with Crippen LogP contribution >= 0.6 is 0 Å². The molecule has 1 aliphatic heterocycles. The summed E-state index contributed by atoms with van der Waals surface area (Å²) in [5, 5.41) is 7.25. The average molecular weight is 301 g/mol. The monoisotopic (exact) mass is 301 g/mol. The van der Waals surface area contributed by atoms with Gasteiger partial charge in [0.2, 0.25) is 0 Å². The summed E-state index contributed by atoms with van der Waals surface area (Å²) in [5.74, 6) is 0.860. The molecule has 0 spiro atoms. The van der Waals surface area contributed by atoms with Crippen molar-refractivity contribution in [3.63, 3.8) is 0 Å². The molecule has 1 atom stereocenters. The molecule has 7 nitrogen and oxygen atoms in total. The molecule has 0 unspecified atom stereocenters. The first-order valence-electron chi connectivity index (χ1n) is 7.35. The molecule has 1 aliphatic rings. The molecule has 0 aliphatic carbocycles. The van der Waals surface area contributed by atoms with Crippen LogP contribution in [0.3, 0.4) is 0 Å². The van der Waals surface area contributed by atoms with Gasteiger partial charge in [-0.15, -0.1) is 0 Å². The van der Waals surface area contributed by atoms with Crippen LogP contribution in [0, 0.1) is 20.8 Å². The molecule has 0 aromatic carbocycles. The van der Waals surface area contributed by atoms with E-state index in [0.717, 1.165) is 29.9 Å². The van der Waals surface area contributed by atoms with Crippen LogP contribution in [0.1, 0.15) is 29.9 Å². The highest BCUT2D eigenvalue weighted by Gasteiger charge is 2.25. The summed E-state index contributed by atoms with van der Waals surface area (Å²) in [6.45, 7) is 6.30. The number of hydrogen-bond donors (Lipinski definition) is 1. The van der Waals surface area contributed by atoms with E-state index in [4.69, 9.17) is 4.74 Å². The van der Waals surface area contributed by atoms with Crippen molar-refractivity contribution < 1.29 is 9.53 Å². The van der Waals surface area contributed by atoms with Gasteiger partial charge in [-0.3, -0.25) is 4.79 Å². The molecule has 3 heterocycles. The smallest absolute Gasteiger partial charge is 0.254 e. The van der Waals surface area contributed by atoms with Crippen LogP contribution in [0.25, 0.3) is 5.95 Å². The Bertz CT molecular complexity index is 684. The van der Waals surface area contributed by atoms with Crippen LogP contribution in [-0.4, -0.2) is 38.4 Å². The number of anilines is 1. The summed E-state index contributed by atoms with van der Waals surface area (Å²) in [6.07, 6.45) is 1.28. The maximum atomic E-state index is 12.2. The van der Waals surface area contributed by atoms with Gasteiger partial charge in [0.25, 0.3) is 11.9 Å². The second-order valence-electron chi connectivity index (χ2n) is 5.52. The van der Waals surface area contributed by atoms with Crippen molar-refractivity contribution >= 4 is 11.7 Å². The quantitative estimate of drug-likeness (QED) is 0.933. The fourth-order valence-electron chi connectivity index (χ4n) is 2.53. The van der Waals surface area contributed by atoms with Crippen LogP contribution in [0.5, 0.6) is 0 Å². The molecule has 1 fully saturated rings. The number of hydrogen-bond acceptors (Lipinski definition) is 5. The molecule has 1 saturated heterocycles. The Morgan fingerprint density at radius 3 is 2.59 bits per heavy atom. The summed E-state index contributed by atoms with van der Waals surface area (Å²) in [4.78, 5) is 21.0. The van der Waals surface area contributed by atoms with Gasteiger partial charge in [-0.05, 0) is 39.7 Å². The summed E-state index contributed by atoms with van der Waals surface area (Å²) >= 11 is 0. The van der Waals surface area contributed by atoms with E-state index in [9.17, 15) is 4.79 Å². The van der Waals surface area contributed by atoms with Gasteiger partial charge in [0.05, 0.1) is 5.69 Å². The topological polar surface area (TPSA) is 81.9 Å². The molecule has 7 heteroatoms. The van der Waals surface area contributed by atoms with E-state index in [-0.39, 0.29) is 12.0 Å². The zero-order chi connectivity index (χ0) is 15.7. The molecule has 116 valence electrons. The first-order chi connectivity index (χ1) is 10.5. The summed E-state index contributed by atoms with van der Waals surface area (Å²) in [7, 11) is 0. The van der Waals surface area contributed by atoms with Gasteiger partial charge in [-0.25, -0.2) is 9.97 Å². The maximum absolute atomic E-state index is 12.2. The lowest BCUT2D eigenvalue weighted by Crippen LogP contribution is -2.28. The Morgan fingerprint density at radius 2 is 1.95 bits per heavy atom. The van der Waals surface area contributed by atoms with E-state index in [1.165, 1.54) is 0 Å². The minimum absolute atomic E-state index is 0.150. The first kappa shape index (κ1) is 14.6. The molecule has 2 aromatic heterocycles.